The van der Waals surface area contributed by atoms with Gasteiger partial charge in [0.05, 0.1) is 24.3 Å². The number of benzene rings is 1. The number of amides is 1. The monoisotopic (exact) mass is 442 g/mol. The number of hydrogen-bond donors (Lipinski definition) is 0. The van der Waals surface area contributed by atoms with Gasteiger partial charge in [-0.2, -0.15) is 0 Å². The second-order valence-electron chi connectivity index (χ2n) is 8.30. The molecular weight excluding hydrogens is 412 g/mol. The maximum Gasteiger partial charge on any atom is 0.309 e. The predicted octanol–water partition coefficient (Wildman–Crippen LogP) is 3.49. The summed E-state index contributed by atoms with van der Waals surface area (Å²) < 4.78 is 7.30. The van der Waals surface area contributed by atoms with Crippen LogP contribution >= 0.6 is 11.8 Å². The Labute approximate surface area is 187 Å². The quantitative estimate of drug-likeness (QED) is 0.460. The van der Waals surface area contributed by atoms with Crippen LogP contribution in [-0.4, -0.2) is 56.5 Å². The van der Waals surface area contributed by atoms with Crippen molar-refractivity contribution in [2.75, 3.05) is 19.7 Å². The van der Waals surface area contributed by atoms with Gasteiger partial charge in [-0.3, -0.25) is 9.59 Å². The number of thioether (sulfide) groups is 1. The lowest BCUT2D eigenvalue weighted by Crippen LogP contribution is -2.43. The maximum atomic E-state index is 13.1. The SMILES string of the molecule is CCOC(=O)C1CCN(C(=O)[C@@H](C)Sc2nnc(C3CC3)n2Cc2ccccc2)CC1. The first-order chi connectivity index (χ1) is 15.1. The third-order valence-electron chi connectivity index (χ3n) is 5.93. The summed E-state index contributed by atoms with van der Waals surface area (Å²) in [7, 11) is 0. The summed E-state index contributed by atoms with van der Waals surface area (Å²) in [6.07, 6.45) is 3.64. The minimum Gasteiger partial charge on any atom is -0.466 e. The molecule has 1 aliphatic heterocycles. The third-order valence-corrected chi connectivity index (χ3v) is 7.00. The summed E-state index contributed by atoms with van der Waals surface area (Å²) in [5.74, 6) is 1.37. The molecule has 0 bridgehead atoms. The number of aromatic nitrogens is 3. The van der Waals surface area contributed by atoms with Gasteiger partial charge in [-0.15, -0.1) is 10.2 Å². The van der Waals surface area contributed by atoms with Crippen molar-refractivity contribution >= 4 is 23.6 Å². The molecule has 0 unspecified atom stereocenters. The van der Waals surface area contributed by atoms with Crippen LogP contribution in [0.1, 0.15) is 56.8 Å². The van der Waals surface area contributed by atoms with Gasteiger partial charge in [0.15, 0.2) is 5.16 Å². The molecule has 7 nitrogen and oxygen atoms in total. The van der Waals surface area contributed by atoms with Gasteiger partial charge in [0.1, 0.15) is 5.82 Å². The lowest BCUT2D eigenvalue weighted by atomic mass is 9.97. The van der Waals surface area contributed by atoms with Crippen LogP contribution in [0.15, 0.2) is 35.5 Å². The fourth-order valence-electron chi connectivity index (χ4n) is 4.01. The molecule has 0 radical (unpaired) electrons. The van der Waals surface area contributed by atoms with Crippen LogP contribution in [0, 0.1) is 5.92 Å². The molecule has 1 saturated carbocycles. The Balaban J connectivity index is 1.40. The average Bonchev–Trinajstić information content (AvgIpc) is 3.57. The fourth-order valence-corrected chi connectivity index (χ4v) is 4.95. The Morgan fingerprint density at radius 2 is 1.84 bits per heavy atom. The molecule has 2 aromatic rings. The largest absolute Gasteiger partial charge is 0.466 e. The molecule has 2 aliphatic rings. The van der Waals surface area contributed by atoms with Crippen LogP contribution in [-0.2, 0) is 20.9 Å². The van der Waals surface area contributed by atoms with Crippen LogP contribution in [0.5, 0.6) is 0 Å². The molecule has 166 valence electrons. The van der Waals surface area contributed by atoms with Crippen LogP contribution in [0.2, 0.25) is 0 Å². The van der Waals surface area contributed by atoms with E-state index in [1.807, 2.05) is 36.9 Å². The number of nitrogens with zero attached hydrogens (tertiary/aromatic N) is 4. The maximum absolute atomic E-state index is 13.1. The summed E-state index contributed by atoms with van der Waals surface area (Å²) in [4.78, 5) is 26.9. The smallest absolute Gasteiger partial charge is 0.309 e. The van der Waals surface area contributed by atoms with E-state index < -0.39 is 0 Å². The zero-order valence-corrected chi connectivity index (χ0v) is 19.0. The molecule has 8 heteroatoms. The van der Waals surface area contributed by atoms with Crippen molar-refractivity contribution in [2.45, 2.75) is 62.4 Å². The number of likely N-dealkylation sites (tertiary alicyclic amines) is 1. The van der Waals surface area contributed by atoms with Crippen molar-refractivity contribution in [3.63, 3.8) is 0 Å². The van der Waals surface area contributed by atoms with Gasteiger partial charge in [-0.1, -0.05) is 42.1 Å². The van der Waals surface area contributed by atoms with Gasteiger partial charge in [-0.05, 0) is 45.1 Å². The van der Waals surface area contributed by atoms with E-state index in [0.29, 0.717) is 45.0 Å². The molecule has 1 aromatic heterocycles. The lowest BCUT2D eigenvalue weighted by molar-refractivity contribution is -0.151. The highest BCUT2D eigenvalue weighted by Gasteiger charge is 2.33. The number of carbonyl (C=O) groups is 2. The van der Waals surface area contributed by atoms with Gasteiger partial charge in [0.25, 0.3) is 0 Å². The standard InChI is InChI=1S/C23H30N4O3S/c1-3-30-22(29)19-11-13-26(14-12-19)21(28)16(2)31-23-25-24-20(18-9-10-18)27(23)15-17-7-5-4-6-8-17/h4-8,16,18-19H,3,9-15H2,1-2H3/t16-/m1/s1. The number of ether oxygens (including phenoxy) is 1. The highest BCUT2D eigenvalue weighted by molar-refractivity contribution is 8.00. The van der Waals surface area contributed by atoms with Crippen LogP contribution in [0.4, 0.5) is 0 Å². The van der Waals surface area contributed by atoms with Gasteiger partial charge < -0.3 is 14.2 Å². The van der Waals surface area contributed by atoms with Gasteiger partial charge in [0.2, 0.25) is 5.91 Å². The molecule has 1 atom stereocenters. The van der Waals surface area contributed by atoms with Gasteiger partial charge >= 0.3 is 5.97 Å². The van der Waals surface area contributed by atoms with Crippen LogP contribution in [0.3, 0.4) is 0 Å². The fraction of sp³-hybridized carbons (Fsp3) is 0.565. The highest BCUT2D eigenvalue weighted by atomic mass is 32.2. The first-order valence-corrected chi connectivity index (χ1v) is 12.0. The third kappa shape index (κ3) is 5.29. The number of carbonyl (C=O) groups excluding carboxylic acids is 2. The number of rotatable bonds is 8. The van der Waals surface area contributed by atoms with Crippen molar-refractivity contribution < 1.29 is 14.3 Å². The van der Waals surface area contributed by atoms with E-state index in [1.165, 1.54) is 17.3 Å². The van der Waals surface area contributed by atoms with E-state index in [9.17, 15) is 9.59 Å². The number of piperidine rings is 1. The molecule has 2 heterocycles. The molecule has 1 saturated heterocycles. The average molecular weight is 443 g/mol. The zero-order chi connectivity index (χ0) is 21.8. The first kappa shape index (κ1) is 21.9. The number of hydrogen-bond acceptors (Lipinski definition) is 6. The Morgan fingerprint density at radius 3 is 2.48 bits per heavy atom. The van der Waals surface area contributed by atoms with E-state index in [1.54, 1.807) is 0 Å². The van der Waals surface area contributed by atoms with E-state index in [0.717, 1.165) is 23.8 Å². The summed E-state index contributed by atoms with van der Waals surface area (Å²) in [5.41, 5.74) is 1.20. The Morgan fingerprint density at radius 1 is 1.13 bits per heavy atom. The summed E-state index contributed by atoms with van der Waals surface area (Å²) in [6.45, 7) is 6.06. The Kier molecular flexibility index (Phi) is 6.95. The van der Waals surface area contributed by atoms with Crippen molar-refractivity contribution in [3.05, 3.63) is 41.7 Å². The molecule has 0 N–H and O–H groups in total. The second kappa shape index (κ2) is 9.85. The van der Waals surface area contributed by atoms with E-state index >= 15 is 0 Å². The molecule has 1 aromatic carbocycles. The lowest BCUT2D eigenvalue weighted by Gasteiger charge is -2.32. The predicted molar refractivity (Wildman–Crippen MR) is 119 cm³/mol. The molecule has 4 rings (SSSR count). The zero-order valence-electron chi connectivity index (χ0n) is 18.2. The highest BCUT2D eigenvalue weighted by Crippen LogP contribution is 2.40. The topological polar surface area (TPSA) is 77.3 Å². The summed E-state index contributed by atoms with van der Waals surface area (Å²) in [6, 6.07) is 10.3. The molecule has 2 fully saturated rings. The Bertz CT molecular complexity index is 905. The van der Waals surface area contributed by atoms with Gasteiger partial charge in [0, 0.05) is 19.0 Å². The Hall–Kier alpha value is -2.35. The minimum absolute atomic E-state index is 0.0922. The van der Waals surface area contributed by atoms with Crippen LogP contribution in [0.25, 0.3) is 0 Å². The molecule has 31 heavy (non-hydrogen) atoms. The van der Waals surface area contributed by atoms with Crippen molar-refractivity contribution in [3.8, 4) is 0 Å². The number of esters is 1. The molecule has 0 spiro atoms. The summed E-state index contributed by atoms with van der Waals surface area (Å²) >= 11 is 1.48. The van der Waals surface area contributed by atoms with Crippen molar-refractivity contribution in [2.24, 2.45) is 5.92 Å². The molecule has 1 aliphatic carbocycles. The minimum atomic E-state index is -0.259. The van der Waals surface area contributed by atoms with E-state index in [4.69, 9.17) is 4.74 Å². The second-order valence-corrected chi connectivity index (χ2v) is 9.61. The van der Waals surface area contributed by atoms with Crippen molar-refractivity contribution in [1.82, 2.24) is 19.7 Å². The van der Waals surface area contributed by atoms with E-state index in [-0.39, 0.29) is 23.0 Å². The summed E-state index contributed by atoms with van der Waals surface area (Å²) in [5, 5.41) is 9.44. The van der Waals surface area contributed by atoms with E-state index in [2.05, 4.69) is 26.9 Å². The van der Waals surface area contributed by atoms with Crippen LogP contribution < -0.4 is 0 Å². The van der Waals surface area contributed by atoms with Gasteiger partial charge in [-0.25, -0.2) is 0 Å². The van der Waals surface area contributed by atoms with Crippen molar-refractivity contribution in [1.29, 1.82) is 0 Å². The first-order valence-electron chi connectivity index (χ1n) is 11.2. The normalized spacial score (nSPS) is 18.1. The molecule has 1 amide bonds. The molecular formula is C23H30N4O3S.